The van der Waals surface area contributed by atoms with Gasteiger partial charge in [-0.25, -0.2) is 0 Å². The van der Waals surface area contributed by atoms with Gasteiger partial charge in [-0.3, -0.25) is 9.78 Å². The summed E-state index contributed by atoms with van der Waals surface area (Å²) in [6.07, 6.45) is 5.07. The summed E-state index contributed by atoms with van der Waals surface area (Å²) in [5.41, 5.74) is 2.20. The molecule has 0 bridgehead atoms. The van der Waals surface area contributed by atoms with Crippen molar-refractivity contribution in [2.75, 3.05) is 5.32 Å². The topological polar surface area (TPSA) is 55.1 Å². The number of furan rings is 1. The molecule has 0 unspecified atom stereocenters. The molecule has 0 saturated carbocycles. The number of benzene rings is 1. The van der Waals surface area contributed by atoms with Crippen molar-refractivity contribution in [2.24, 2.45) is 0 Å². The van der Waals surface area contributed by atoms with Crippen LogP contribution in [0.5, 0.6) is 0 Å². The molecule has 0 atom stereocenters. The van der Waals surface area contributed by atoms with Crippen molar-refractivity contribution in [1.29, 1.82) is 0 Å². The molecule has 2 heterocycles. The summed E-state index contributed by atoms with van der Waals surface area (Å²) in [5.74, 6) is -0.124. The van der Waals surface area contributed by atoms with Gasteiger partial charge in [0, 0.05) is 22.2 Å². The lowest BCUT2D eigenvalue weighted by atomic mass is 10.1. The first-order chi connectivity index (χ1) is 9.72. The maximum atomic E-state index is 12.0. The first kappa shape index (κ1) is 12.7. The minimum absolute atomic E-state index is 0.124. The number of aromatic nitrogens is 1. The maximum Gasteiger partial charge on any atom is 0.228 e. The van der Waals surface area contributed by atoms with Gasteiger partial charge in [-0.15, -0.1) is 0 Å². The van der Waals surface area contributed by atoms with Crippen LogP contribution in [0.15, 0.2) is 53.4 Å². The number of hydrogen-bond donors (Lipinski definition) is 1. The molecule has 2 aromatic heterocycles. The number of pyridine rings is 1. The lowest BCUT2D eigenvalue weighted by molar-refractivity contribution is -0.115. The molecule has 0 saturated heterocycles. The van der Waals surface area contributed by atoms with Gasteiger partial charge in [0.05, 0.1) is 24.6 Å². The van der Waals surface area contributed by atoms with Crippen LogP contribution in [0.3, 0.4) is 0 Å². The van der Waals surface area contributed by atoms with E-state index < -0.39 is 0 Å². The predicted octanol–water partition coefficient (Wildman–Crippen LogP) is 3.66. The van der Waals surface area contributed by atoms with Crippen molar-refractivity contribution in [1.82, 2.24) is 4.98 Å². The minimum Gasteiger partial charge on any atom is -0.464 e. The summed E-state index contributed by atoms with van der Waals surface area (Å²) in [5, 5.41) is 4.26. The summed E-state index contributed by atoms with van der Waals surface area (Å²) in [6, 6.07) is 8.90. The van der Waals surface area contributed by atoms with E-state index in [0.29, 0.717) is 10.7 Å². The quantitative estimate of drug-likeness (QED) is 0.799. The normalized spacial score (nSPS) is 10.7. The number of nitrogens with one attached hydrogen (secondary N) is 1. The number of anilines is 1. The van der Waals surface area contributed by atoms with Crippen LogP contribution in [0.2, 0.25) is 5.02 Å². The van der Waals surface area contributed by atoms with E-state index in [1.807, 2.05) is 0 Å². The third-order valence-corrected chi connectivity index (χ3v) is 3.15. The number of halogens is 1. The molecule has 0 aliphatic carbocycles. The highest BCUT2D eigenvalue weighted by Gasteiger charge is 2.11. The van der Waals surface area contributed by atoms with Crippen LogP contribution in [0, 0.1) is 0 Å². The van der Waals surface area contributed by atoms with Crippen LogP contribution in [0.25, 0.3) is 11.0 Å². The second-order valence-electron chi connectivity index (χ2n) is 4.37. The third-order valence-electron chi connectivity index (χ3n) is 2.91. The van der Waals surface area contributed by atoms with E-state index in [1.165, 1.54) is 0 Å². The second kappa shape index (κ2) is 5.35. The van der Waals surface area contributed by atoms with Gasteiger partial charge in [-0.1, -0.05) is 11.6 Å². The van der Waals surface area contributed by atoms with E-state index in [2.05, 4.69) is 10.3 Å². The van der Waals surface area contributed by atoms with Crippen LogP contribution < -0.4 is 5.32 Å². The fourth-order valence-electron chi connectivity index (χ4n) is 2.01. The minimum atomic E-state index is -0.124. The zero-order valence-corrected chi connectivity index (χ0v) is 11.2. The van der Waals surface area contributed by atoms with Crippen LogP contribution in [0.4, 0.5) is 5.69 Å². The van der Waals surface area contributed by atoms with Crippen LogP contribution in [-0.2, 0) is 11.2 Å². The summed E-state index contributed by atoms with van der Waals surface area (Å²) >= 11 is 5.96. The Labute approximate surface area is 120 Å². The first-order valence-corrected chi connectivity index (χ1v) is 6.46. The number of rotatable bonds is 3. The van der Waals surface area contributed by atoms with Crippen LogP contribution >= 0.6 is 11.6 Å². The summed E-state index contributed by atoms with van der Waals surface area (Å²) in [7, 11) is 0. The van der Waals surface area contributed by atoms with E-state index in [9.17, 15) is 4.79 Å². The Kier molecular flexibility index (Phi) is 3.39. The number of nitrogens with zero attached hydrogens (tertiary/aromatic N) is 1. The lowest BCUT2D eigenvalue weighted by Gasteiger charge is -2.03. The summed E-state index contributed by atoms with van der Waals surface area (Å²) < 4.78 is 5.40. The third kappa shape index (κ3) is 2.65. The van der Waals surface area contributed by atoms with E-state index >= 15 is 0 Å². The van der Waals surface area contributed by atoms with Crippen molar-refractivity contribution in [3.8, 4) is 0 Å². The van der Waals surface area contributed by atoms with Crippen molar-refractivity contribution < 1.29 is 9.21 Å². The lowest BCUT2D eigenvalue weighted by Crippen LogP contribution is -2.14. The first-order valence-electron chi connectivity index (χ1n) is 6.08. The van der Waals surface area contributed by atoms with Crippen molar-refractivity contribution in [2.45, 2.75) is 6.42 Å². The Morgan fingerprint density at radius 3 is 3.05 bits per heavy atom. The van der Waals surface area contributed by atoms with E-state index in [-0.39, 0.29) is 12.3 Å². The van der Waals surface area contributed by atoms with Gasteiger partial charge in [-0.2, -0.15) is 0 Å². The second-order valence-corrected chi connectivity index (χ2v) is 4.80. The average Bonchev–Trinajstić information content (AvgIpc) is 2.82. The Balaban J connectivity index is 1.79. The largest absolute Gasteiger partial charge is 0.464 e. The number of carbonyl (C=O) groups excluding carboxylic acids is 1. The summed E-state index contributed by atoms with van der Waals surface area (Å²) in [6.45, 7) is 0. The molecule has 3 aromatic rings. The molecule has 0 radical (unpaired) electrons. The molecule has 5 heteroatoms. The fourth-order valence-corrected chi connectivity index (χ4v) is 2.18. The van der Waals surface area contributed by atoms with Crippen molar-refractivity contribution in [3.63, 3.8) is 0 Å². The Hall–Kier alpha value is -2.33. The van der Waals surface area contributed by atoms with Gasteiger partial charge in [0.25, 0.3) is 0 Å². The molecule has 1 N–H and O–H groups in total. The standard InChI is InChI=1S/C15H11ClN2O2/c16-11-3-4-14-13(7-11)10(9-20-14)6-15(19)18-12-2-1-5-17-8-12/h1-5,7-9H,6H2,(H,18,19). The molecule has 0 fully saturated rings. The highest BCUT2D eigenvalue weighted by Crippen LogP contribution is 2.25. The van der Waals surface area contributed by atoms with Gasteiger partial charge in [0.1, 0.15) is 5.58 Å². The molecular formula is C15H11ClN2O2. The van der Waals surface area contributed by atoms with Gasteiger partial charge >= 0.3 is 0 Å². The zero-order chi connectivity index (χ0) is 13.9. The van der Waals surface area contributed by atoms with Gasteiger partial charge < -0.3 is 9.73 Å². The predicted molar refractivity (Wildman–Crippen MR) is 77.8 cm³/mol. The van der Waals surface area contributed by atoms with Gasteiger partial charge in [0.2, 0.25) is 5.91 Å². The number of hydrogen-bond acceptors (Lipinski definition) is 3. The Morgan fingerprint density at radius 2 is 2.25 bits per heavy atom. The highest BCUT2D eigenvalue weighted by atomic mass is 35.5. The molecule has 0 aliphatic heterocycles. The molecule has 100 valence electrons. The average molecular weight is 287 g/mol. The molecule has 3 rings (SSSR count). The number of fused-ring (bicyclic) bond motifs is 1. The molecule has 1 aromatic carbocycles. The van der Waals surface area contributed by atoms with Crippen molar-refractivity contribution in [3.05, 3.63) is 59.6 Å². The highest BCUT2D eigenvalue weighted by molar-refractivity contribution is 6.31. The molecular weight excluding hydrogens is 276 g/mol. The monoisotopic (exact) mass is 286 g/mol. The summed E-state index contributed by atoms with van der Waals surface area (Å²) in [4.78, 5) is 15.9. The van der Waals surface area contributed by atoms with Gasteiger partial charge in [-0.05, 0) is 30.3 Å². The Bertz CT molecular complexity index is 753. The van der Waals surface area contributed by atoms with E-state index in [1.54, 1.807) is 49.0 Å². The zero-order valence-electron chi connectivity index (χ0n) is 10.5. The smallest absolute Gasteiger partial charge is 0.228 e. The van der Waals surface area contributed by atoms with E-state index in [0.717, 1.165) is 16.5 Å². The SMILES string of the molecule is O=C(Cc1coc2ccc(Cl)cc12)Nc1cccnc1. The number of carbonyl (C=O) groups is 1. The molecule has 1 amide bonds. The van der Waals surface area contributed by atoms with Gasteiger partial charge in [0.15, 0.2) is 0 Å². The van der Waals surface area contributed by atoms with Crippen LogP contribution in [0.1, 0.15) is 5.56 Å². The van der Waals surface area contributed by atoms with Crippen LogP contribution in [-0.4, -0.2) is 10.9 Å². The molecule has 0 spiro atoms. The molecule has 20 heavy (non-hydrogen) atoms. The molecule has 0 aliphatic rings. The number of amides is 1. The van der Waals surface area contributed by atoms with Crippen molar-refractivity contribution >= 4 is 34.2 Å². The van der Waals surface area contributed by atoms with E-state index in [4.69, 9.17) is 16.0 Å². The maximum absolute atomic E-state index is 12.0. The Morgan fingerprint density at radius 1 is 1.35 bits per heavy atom. The molecule has 4 nitrogen and oxygen atoms in total. The fraction of sp³-hybridized carbons (Fsp3) is 0.0667.